The van der Waals surface area contributed by atoms with Gasteiger partial charge in [-0.15, -0.1) is 0 Å². The minimum atomic E-state index is -1.21. The largest absolute Gasteiger partial charge is 0.480 e. The fraction of sp³-hybridized carbons (Fsp3) is 0.0667. The van der Waals surface area contributed by atoms with Crippen molar-refractivity contribution in [2.45, 2.75) is 5.92 Å². The molecular weight excluding hydrogens is 242 g/mol. The van der Waals surface area contributed by atoms with Crippen LogP contribution in [0.1, 0.15) is 11.5 Å². The molecular formula is C15H13NO3. The molecule has 4 nitrogen and oxygen atoms in total. The number of aliphatic carboxylic acids is 1. The second kappa shape index (κ2) is 5.82. The maximum absolute atomic E-state index is 12.1. The molecule has 0 saturated heterocycles. The van der Waals surface area contributed by atoms with Gasteiger partial charge in [0.15, 0.2) is 5.92 Å². The van der Waals surface area contributed by atoms with Crippen molar-refractivity contribution < 1.29 is 14.7 Å². The third-order valence-electron chi connectivity index (χ3n) is 2.68. The van der Waals surface area contributed by atoms with E-state index in [4.69, 9.17) is 0 Å². The predicted molar refractivity (Wildman–Crippen MR) is 71.9 cm³/mol. The highest BCUT2D eigenvalue weighted by atomic mass is 16.4. The lowest BCUT2D eigenvalue weighted by Crippen LogP contribution is -2.27. The number of carbonyl (C=O) groups excluding carboxylic acids is 1. The summed E-state index contributed by atoms with van der Waals surface area (Å²) in [6.07, 6.45) is 0. The van der Waals surface area contributed by atoms with Crippen LogP contribution in [0.15, 0.2) is 60.7 Å². The lowest BCUT2D eigenvalue weighted by molar-refractivity contribution is -0.141. The van der Waals surface area contributed by atoms with Crippen molar-refractivity contribution in [3.63, 3.8) is 0 Å². The normalized spacial score (nSPS) is 11.6. The zero-order valence-electron chi connectivity index (χ0n) is 10.1. The van der Waals surface area contributed by atoms with Gasteiger partial charge in [-0.3, -0.25) is 9.59 Å². The number of anilines is 1. The average Bonchev–Trinajstić information content (AvgIpc) is 2.40. The molecule has 0 aliphatic heterocycles. The lowest BCUT2D eigenvalue weighted by Gasteiger charge is -2.13. The van der Waals surface area contributed by atoms with E-state index in [1.54, 1.807) is 54.6 Å². The Balaban J connectivity index is 2.21. The van der Waals surface area contributed by atoms with Crippen LogP contribution in [0.4, 0.5) is 5.69 Å². The summed E-state index contributed by atoms with van der Waals surface area (Å²) in [7, 11) is 0. The monoisotopic (exact) mass is 255 g/mol. The van der Waals surface area contributed by atoms with E-state index in [0.29, 0.717) is 11.3 Å². The smallest absolute Gasteiger partial charge is 0.320 e. The van der Waals surface area contributed by atoms with Crippen molar-refractivity contribution in [1.29, 1.82) is 0 Å². The molecule has 2 aromatic carbocycles. The van der Waals surface area contributed by atoms with Gasteiger partial charge in [0.25, 0.3) is 0 Å². The predicted octanol–water partition coefficient (Wildman–Crippen LogP) is 2.49. The van der Waals surface area contributed by atoms with Crippen molar-refractivity contribution in [2.24, 2.45) is 0 Å². The average molecular weight is 255 g/mol. The van der Waals surface area contributed by atoms with Gasteiger partial charge in [0.05, 0.1) is 0 Å². The van der Waals surface area contributed by atoms with Crippen LogP contribution in [-0.4, -0.2) is 17.0 Å². The van der Waals surface area contributed by atoms with Gasteiger partial charge >= 0.3 is 5.97 Å². The molecule has 1 unspecified atom stereocenters. The zero-order chi connectivity index (χ0) is 13.7. The van der Waals surface area contributed by atoms with Crippen LogP contribution < -0.4 is 5.32 Å². The van der Waals surface area contributed by atoms with E-state index < -0.39 is 17.8 Å². The highest BCUT2D eigenvalue weighted by molar-refractivity contribution is 6.08. The summed E-state index contributed by atoms with van der Waals surface area (Å²) >= 11 is 0. The van der Waals surface area contributed by atoms with E-state index in [-0.39, 0.29) is 0 Å². The Hall–Kier alpha value is -2.62. The van der Waals surface area contributed by atoms with Crippen LogP contribution in [0.2, 0.25) is 0 Å². The van der Waals surface area contributed by atoms with Crippen molar-refractivity contribution in [1.82, 2.24) is 0 Å². The fourth-order valence-corrected chi connectivity index (χ4v) is 1.79. The Kier molecular flexibility index (Phi) is 3.93. The maximum atomic E-state index is 12.1. The van der Waals surface area contributed by atoms with Crippen LogP contribution in [0.3, 0.4) is 0 Å². The summed E-state index contributed by atoms with van der Waals surface area (Å²) in [5, 5.41) is 11.8. The van der Waals surface area contributed by atoms with Gasteiger partial charge in [-0.1, -0.05) is 48.5 Å². The van der Waals surface area contributed by atoms with E-state index in [2.05, 4.69) is 5.32 Å². The standard InChI is InChI=1S/C15H13NO3/c17-14(16-12-9-5-2-6-10-12)13(15(18)19)11-7-3-1-4-8-11/h1-10,13H,(H,16,17)(H,18,19). The first-order valence-electron chi connectivity index (χ1n) is 5.82. The van der Waals surface area contributed by atoms with Gasteiger partial charge in [0.1, 0.15) is 0 Å². The van der Waals surface area contributed by atoms with Crippen molar-refractivity contribution in [3.8, 4) is 0 Å². The van der Waals surface area contributed by atoms with Crippen LogP contribution >= 0.6 is 0 Å². The topological polar surface area (TPSA) is 66.4 Å². The number of hydrogen-bond acceptors (Lipinski definition) is 2. The van der Waals surface area contributed by atoms with Crippen LogP contribution in [-0.2, 0) is 9.59 Å². The zero-order valence-corrected chi connectivity index (χ0v) is 10.1. The molecule has 0 radical (unpaired) electrons. The molecule has 4 heteroatoms. The third kappa shape index (κ3) is 3.19. The molecule has 0 spiro atoms. The highest BCUT2D eigenvalue weighted by Gasteiger charge is 2.27. The quantitative estimate of drug-likeness (QED) is 0.825. The van der Waals surface area contributed by atoms with Crippen LogP contribution in [0, 0.1) is 0 Å². The van der Waals surface area contributed by atoms with E-state index in [1.165, 1.54) is 0 Å². The molecule has 0 fully saturated rings. The molecule has 0 aromatic heterocycles. The van der Waals surface area contributed by atoms with Gasteiger partial charge in [-0.05, 0) is 17.7 Å². The number of carboxylic acids is 1. The molecule has 1 atom stereocenters. The maximum Gasteiger partial charge on any atom is 0.320 e. The second-order valence-electron chi connectivity index (χ2n) is 4.04. The second-order valence-corrected chi connectivity index (χ2v) is 4.04. The first kappa shape index (κ1) is 12.8. The molecule has 0 bridgehead atoms. The first-order chi connectivity index (χ1) is 9.18. The van der Waals surface area contributed by atoms with E-state index >= 15 is 0 Å². The molecule has 2 N–H and O–H groups in total. The van der Waals surface area contributed by atoms with E-state index in [0.717, 1.165) is 0 Å². The van der Waals surface area contributed by atoms with Crippen LogP contribution in [0.25, 0.3) is 0 Å². The molecule has 0 aliphatic rings. The molecule has 19 heavy (non-hydrogen) atoms. The highest BCUT2D eigenvalue weighted by Crippen LogP contribution is 2.18. The Morgan fingerprint density at radius 3 is 1.95 bits per heavy atom. The number of benzene rings is 2. The van der Waals surface area contributed by atoms with E-state index in [1.807, 2.05) is 6.07 Å². The first-order valence-corrected chi connectivity index (χ1v) is 5.82. The summed E-state index contributed by atoms with van der Waals surface area (Å²) in [4.78, 5) is 23.3. The summed E-state index contributed by atoms with van der Waals surface area (Å²) in [6.45, 7) is 0. The number of carboxylic acid groups (broad SMARTS) is 1. The Morgan fingerprint density at radius 2 is 1.42 bits per heavy atom. The Bertz CT molecular complexity index is 566. The molecule has 0 aliphatic carbocycles. The fourth-order valence-electron chi connectivity index (χ4n) is 1.79. The minimum absolute atomic E-state index is 0.462. The summed E-state index contributed by atoms with van der Waals surface area (Å²) < 4.78 is 0. The van der Waals surface area contributed by atoms with Gasteiger partial charge in [-0.25, -0.2) is 0 Å². The van der Waals surface area contributed by atoms with E-state index in [9.17, 15) is 14.7 Å². The molecule has 0 heterocycles. The molecule has 1 amide bonds. The molecule has 2 rings (SSSR count). The molecule has 2 aromatic rings. The number of carbonyl (C=O) groups is 2. The van der Waals surface area contributed by atoms with Gasteiger partial charge < -0.3 is 10.4 Å². The minimum Gasteiger partial charge on any atom is -0.480 e. The van der Waals surface area contributed by atoms with Gasteiger partial charge in [-0.2, -0.15) is 0 Å². The van der Waals surface area contributed by atoms with Crippen molar-refractivity contribution in [2.75, 3.05) is 5.32 Å². The van der Waals surface area contributed by atoms with Crippen molar-refractivity contribution >= 4 is 17.6 Å². The SMILES string of the molecule is O=C(O)C(C(=O)Nc1ccccc1)c1ccccc1. The third-order valence-corrected chi connectivity index (χ3v) is 2.68. The number of para-hydroxylation sites is 1. The number of rotatable bonds is 4. The summed E-state index contributed by atoms with van der Waals surface area (Å²) in [5.74, 6) is -2.93. The van der Waals surface area contributed by atoms with Gasteiger partial charge in [0.2, 0.25) is 5.91 Å². The number of nitrogens with one attached hydrogen (secondary N) is 1. The van der Waals surface area contributed by atoms with Crippen molar-refractivity contribution in [3.05, 3.63) is 66.2 Å². The Morgan fingerprint density at radius 1 is 0.895 bits per heavy atom. The number of amides is 1. The van der Waals surface area contributed by atoms with Crippen LogP contribution in [0.5, 0.6) is 0 Å². The molecule has 0 saturated carbocycles. The Labute approximate surface area is 110 Å². The molecule has 96 valence electrons. The summed E-state index contributed by atoms with van der Waals surface area (Å²) in [5.41, 5.74) is 1.04. The number of hydrogen-bond donors (Lipinski definition) is 2. The lowest BCUT2D eigenvalue weighted by atomic mass is 9.98. The van der Waals surface area contributed by atoms with Gasteiger partial charge in [0, 0.05) is 5.69 Å². The summed E-state index contributed by atoms with van der Waals surface area (Å²) in [6, 6.07) is 17.2.